The van der Waals surface area contributed by atoms with Gasteiger partial charge in [-0.25, -0.2) is 14.9 Å². The number of hydrazine groups is 1. The van der Waals surface area contributed by atoms with Gasteiger partial charge in [0.25, 0.3) is 23.6 Å². The molecule has 1 saturated heterocycles. The summed E-state index contributed by atoms with van der Waals surface area (Å²) in [6, 6.07) is 7.25. The summed E-state index contributed by atoms with van der Waals surface area (Å²) in [5.74, 6) is -2.62. The third kappa shape index (κ3) is 3.29. The number of rotatable bonds is 3. The van der Waals surface area contributed by atoms with Crippen LogP contribution in [0.1, 0.15) is 68.1 Å². The molecule has 1 fully saturated rings. The van der Waals surface area contributed by atoms with E-state index in [1.54, 1.807) is 18.9 Å². The fraction of sp³-hybridized carbons (Fsp3) is 0.296. The van der Waals surface area contributed by atoms with Crippen molar-refractivity contribution in [1.82, 2.24) is 15.0 Å². The lowest BCUT2D eigenvalue weighted by molar-refractivity contribution is -0.0541. The van der Waals surface area contributed by atoms with Gasteiger partial charge in [0.05, 0.1) is 22.9 Å². The molecule has 0 aliphatic carbocycles. The minimum absolute atomic E-state index is 0.0515. The first-order valence-corrected chi connectivity index (χ1v) is 12.1. The Morgan fingerprint density at radius 1 is 0.811 bits per heavy atom. The van der Waals surface area contributed by atoms with Gasteiger partial charge in [-0.3, -0.25) is 24.2 Å². The third-order valence-corrected chi connectivity index (χ3v) is 7.65. The van der Waals surface area contributed by atoms with E-state index in [9.17, 15) is 29.4 Å². The van der Waals surface area contributed by atoms with Crippen molar-refractivity contribution in [2.75, 3.05) is 18.0 Å². The van der Waals surface area contributed by atoms with E-state index in [2.05, 4.69) is 4.98 Å². The van der Waals surface area contributed by atoms with Crippen LogP contribution >= 0.6 is 0 Å². The van der Waals surface area contributed by atoms with E-state index in [1.807, 2.05) is 0 Å². The molecular formula is C27H24N4O6. The van der Waals surface area contributed by atoms with Gasteiger partial charge in [-0.05, 0) is 56.9 Å². The molecule has 37 heavy (non-hydrogen) atoms. The fourth-order valence-corrected chi connectivity index (χ4v) is 5.66. The normalized spacial score (nSPS) is 18.8. The molecule has 0 spiro atoms. The number of hydrogen-bond donors (Lipinski definition) is 2. The smallest absolute Gasteiger partial charge is 0.276 e. The molecule has 3 aliphatic heterocycles. The van der Waals surface area contributed by atoms with E-state index >= 15 is 0 Å². The summed E-state index contributed by atoms with van der Waals surface area (Å²) in [7, 11) is 0. The highest BCUT2D eigenvalue weighted by molar-refractivity contribution is 6.39. The summed E-state index contributed by atoms with van der Waals surface area (Å²) >= 11 is 0. The van der Waals surface area contributed by atoms with Gasteiger partial charge in [0.15, 0.2) is 0 Å². The summed E-state index contributed by atoms with van der Waals surface area (Å²) < 4.78 is 0. The van der Waals surface area contributed by atoms with E-state index in [0.29, 0.717) is 25.9 Å². The number of anilines is 1. The van der Waals surface area contributed by atoms with Crippen LogP contribution in [0.15, 0.2) is 42.7 Å². The Kier molecular flexibility index (Phi) is 4.98. The van der Waals surface area contributed by atoms with Crippen molar-refractivity contribution in [3.05, 3.63) is 65.0 Å². The van der Waals surface area contributed by atoms with Gasteiger partial charge in [-0.15, -0.1) is 0 Å². The molecule has 0 unspecified atom stereocenters. The molecule has 2 N–H and O–H groups in total. The molecule has 4 heterocycles. The average Bonchev–Trinajstić information content (AvgIpc) is 2.87. The van der Waals surface area contributed by atoms with Gasteiger partial charge >= 0.3 is 0 Å². The Morgan fingerprint density at radius 3 is 1.76 bits per heavy atom. The largest absolute Gasteiger partial charge is 0.506 e. The maximum atomic E-state index is 13.6. The number of aromatic nitrogens is 1. The maximum absolute atomic E-state index is 13.6. The summed E-state index contributed by atoms with van der Waals surface area (Å²) in [5.41, 5.74) is -0.127. The van der Waals surface area contributed by atoms with Gasteiger partial charge in [0.2, 0.25) is 0 Å². The molecule has 1 aromatic heterocycles. The first-order valence-electron chi connectivity index (χ1n) is 12.1. The fourth-order valence-electron chi connectivity index (χ4n) is 5.66. The zero-order chi connectivity index (χ0) is 26.2. The summed E-state index contributed by atoms with van der Waals surface area (Å²) in [6.45, 7) is 4.39. The van der Waals surface area contributed by atoms with Crippen molar-refractivity contribution in [2.24, 2.45) is 5.92 Å². The lowest BCUT2D eigenvalue weighted by Crippen LogP contribution is -2.55. The van der Waals surface area contributed by atoms with E-state index in [4.69, 9.17) is 0 Å². The van der Waals surface area contributed by atoms with Crippen LogP contribution in [0.3, 0.4) is 0 Å². The SMILES string of the molecule is CC(C)(O)C1CCN(N2C(=O)c3ccc4c5c(ccc(c35)C2=O)C(=O)N(c2cnccc2O)C4=O)CC1. The highest BCUT2D eigenvalue weighted by Gasteiger charge is 2.43. The van der Waals surface area contributed by atoms with Crippen LogP contribution < -0.4 is 4.90 Å². The number of pyridine rings is 1. The molecule has 10 heteroatoms. The second kappa shape index (κ2) is 7.92. The molecule has 0 atom stereocenters. The summed E-state index contributed by atoms with van der Waals surface area (Å²) in [5, 5.41) is 24.0. The van der Waals surface area contributed by atoms with Crippen LogP contribution in [-0.4, -0.2) is 67.5 Å². The number of benzene rings is 2. The standard InChI is InChI=1S/C27H24N4O6/c1-27(2,37)14-8-11-29(12-9-14)31-25(35)17-5-3-15-21-16(4-6-18(22(17)21)26(31)36)24(34)30(23(15)33)19-13-28-10-7-20(19)32/h3-7,10,13-14,37H,8-9,11-12H2,1-2H3,(H,28,32). The van der Waals surface area contributed by atoms with Crippen LogP contribution in [0, 0.1) is 5.92 Å². The minimum Gasteiger partial charge on any atom is -0.506 e. The molecule has 4 amide bonds. The van der Waals surface area contributed by atoms with Crippen LogP contribution in [-0.2, 0) is 0 Å². The lowest BCUT2D eigenvalue weighted by Gasteiger charge is -2.42. The second-order valence-corrected chi connectivity index (χ2v) is 10.2. The van der Waals surface area contributed by atoms with Crippen molar-refractivity contribution in [3.8, 4) is 5.75 Å². The zero-order valence-corrected chi connectivity index (χ0v) is 20.3. The first kappa shape index (κ1) is 23.3. The molecule has 188 valence electrons. The van der Waals surface area contributed by atoms with E-state index < -0.39 is 29.2 Å². The van der Waals surface area contributed by atoms with Crippen LogP contribution in [0.4, 0.5) is 5.69 Å². The monoisotopic (exact) mass is 500 g/mol. The van der Waals surface area contributed by atoms with Crippen LogP contribution in [0.25, 0.3) is 10.8 Å². The van der Waals surface area contributed by atoms with Crippen molar-refractivity contribution >= 4 is 40.1 Å². The van der Waals surface area contributed by atoms with Gasteiger partial charge in [0, 0.05) is 47.3 Å². The highest BCUT2D eigenvalue weighted by Crippen LogP contribution is 2.41. The average molecular weight is 501 g/mol. The summed E-state index contributed by atoms with van der Waals surface area (Å²) in [6.07, 6.45) is 3.82. The maximum Gasteiger partial charge on any atom is 0.276 e. The number of aromatic hydroxyl groups is 1. The van der Waals surface area contributed by atoms with Gasteiger partial charge in [-0.2, -0.15) is 0 Å². The molecule has 0 saturated carbocycles. The molecule has 0 bridgehead atoms. The molecule has 2 aromatic carbocycles. The third-order valence-electron chi connectivity index (χ3n) is 7.65. The number of carbonyl (C=O) groups excluding carboxylic acids is 4. The number of imide groups is 2. The molecular weight excluding hydrogens is 476 g/mol. The Hall–Kier alpha value is -4.15. The number of carbonyl (C=O) groups is 4. The van der Waals surface area contributed by atoms with Gasteiger partial charge in [0.1, 0.15) is 11.4 Å². The molecule has 3 aliphatic rings. The number of piperidine rings is 1. The highest BCUT2D eigenvalue weighted by atomic mass is 16.3. The van der Waals surface area contributed by atoms with E-state index in [-0.39, 0.29) is 50.4 Å². The quantitative estimate of drug-likeness (QED) is 0.525. The summed E-state index contributed by atoms with van der Waals surface area (Å²) in [4.78, 5) is 58.9. The zero-order valence-electron chi connectivity index (χ0n) is 20.3. The van der Waals surface area contributed by atoms with Crippen LogP contribution in [0.5, 0.6) is 5.75 Å². The van der Waals surface area contributed by atoms with E-state index in [0.717, 1.165) is 9.91 Å². The lowest BCUT2D eigenvalue weighted by atomic mass is 9.83. The molecule has 3 aromatic rings. The first-order chi connectivity index (χ1) is 17.6. The van der Waals surface area contributed by atoms with Crippen molar-refractivity contribution in [3.63, 3.8) is 0 Å². The Balaban J connectivity index is 1.43. The Morgan fingerprint density at radius 2 is 1.30 bits per heavy atom. The predicted octanol–water partition coefficient (Wildman–Crippen LogP) is 2.73. The molecule has 10 nitrogen and oxygen atoms in total. The predicted molar refractivity (Wildman–Crippen MR) is 132 cm³/mol. The number of amides is 4. The Bertz CT molecular complexity index is 1460. The van der Waals surface area contributed by atoms with Crippen molar-refractivity contribution in [2.45, 2.75) is 32.3 Å². The molecule has 0 radical (unpaired) electrons. The van der Waals surface area contributed by atoms with E-state index in [1.165, 1.54) is 42.7 Å². The molecule has 6 rings (SSSR count). The van der Waals surface area contributed by atoms with Gasteiger partial charge < -0.3 is 10.2 Å². The number of nitrogens with zero attached hydrogens (tertiary/aromatic N) is 4. The van der Waals surface area contributed by atoms with Crippen molar-refractivity contribution in [1.29, 1.82) is 0 Å². The Labute approximate surface area is 211 Å². The number of hydrogen-bond acceptors (Lipinski definition) is 8. The van der Waals surface area contributed by atoms with Gasteiger partial charge in [-0.1, -0.05) is 0 Å². The second-order valence-electron chi connectivity index (χ2n) is 10.2. The topological polar surface area (TPSA) is 131 Å². The minimum atomic E-state index is -0.847. The van der Waals surface area contributed by atoms with Crippen LogP contribution in [0.2, 0.25) is 0 Å². The van der Waals surface area contributed by atoms with Crippen molar-refractivity contribution < 1.29 is 29.4 Å². The number of aliphatic hydroxyl groups is 1.